The van der Waals surface area contributed by atoms with Crippen molar-refractivity contribution in [3.8, 4) is 0 Å². The molecule has 1 heterocycles. The van der Waals surface area contributed by atoms with Crippen LogP contribution >= 0.6 is 15.9 Å². The summed E-state index contributed by atoms with van der Waals surface area (Å²) in [5, 5.41) is 6.89. The van der Waals surface area contributed by atoms with Gasteiger partial charge in [-0.3, -0.25) is 5.10 Å². The number of rotatable bonds is 0. The standard InChI is InChI=1S/C9H6BrF3N2/c1-4-2-5-3-14-15-8(5)7(10)6(4)9(11,12)13/h2-3H,1H3,(H,14,15). The Balaban J connectivity index is 2.84. The fraction of sp³-hybridized carbons (Fsp3) is 0.222. The van der Waals surface area contributed by atoms with Crippen LogP contribution in [0.1, 0.15) is 11.1 Å². The number of aryl methyl sites for hydroxylation is 1. The molecule has 0 atom stereocenters. The average Bonchev–Trinajstić information content (AvgIpc) is 2.48. The van der Waals surface area contributed by atoms with Gasteiger partial charge in [0, 0.05) is 5.39 Å². The van der Waals surface area contributed by atoms with Crippen molar-refractivity contribution in [3.63, 3.8) is 0 Å². The molecule has 1 aromatic carbocycles. The monoisotopic (exact) mass is 278 g/mol. The topological polar surface area (TPSA) is 28.7 Å². The summed E-state index contributed by atoms with van der Waals surface area (Å²) in [6, 6.07) is 1.46. The van der Waals surface area contributed by atoms with Gasteiger partial charge in [0.15, 0.2) is 0 Å². The molecular formula is C9H6BrF3N2. The first kappa shape index (κ1) is 10.5. The molecule has 0 amide bonds. The van der Waals surface area contributed by atoms with Crippen molar-refractivity contribution in [2.75, 3.05) is 0 Å². The molecule has 0 aliphatic heterocycles. The summed E-state index contributed by atoms with van der Waals surface area (Å²) in [7, 11) is 0. The van der Waals surface area contributed by atoms with E-state index in [2.05, 4.69) is 26.1 Å². The number of nitrogens with zero attached hydrogens (tertiary/aromatic N) is 1. The van der Waals surface area contributed by atoms with Crippen LogP contribution in [0.15, 0.2) is 16.7 Å². The lowest BCUT2D eigenvalue weighted by Crippen LogP contribution is -2.08. The third-order valence-electron chi connectivity index (χ3n) is 2.16. The van der Waals surface area contributed by atoms with E-state index >= 15 is 0 Å². The maximum Gasteiger partial charge on any atom is 0.417 e. The number of aromatic amines is 1. The largest absolute Gasteiger partial charge is 0.417 e. The van der Waals surface area contributed by atoms with Crippen molar-refractivity contribution < 1.29 is 13.2 Å². The van der Waals surface area contributed by atoms with Crippen molar-refractivity contribution in [2.24, 2.45) is 0 Å². The lowest BCUT2D eigenvalue weighted by Gasteiger charge is -2.12. The molecule has 80 valence electrons. The van der Waals surface area contributed by atoms with Gasteiger partial charge in [-0.15, -0.1) is 0 Å². The number of nitrogens with one attached hydrogen (secondary N) is 1. The second-order valence-corrected chi connectivity index (χ2v) is 4.01. The lowest BCUT2D eigenvalue weighted by molar-refractivity contribution is -0.138. The Morgan fingerprint density at radius 3 is 2.67 bits per heavy atom. The fourth-order valence-electron chi connectivity index (χ4n) is 1.53. The van der Waals surface area contributed by atoms with Gasteiger partial charge in [0.25, 0.3) is 0 Å². The van der Waals surface area contributed by atoms with E-state index in [0.29, 0.717) is 10.9 Å². The Kier molecular flexibility index (Phi) is 2.26. The SMILES string of the molecule is Cc1cc2cn[nH]c2c(Br)c1C(F)(F)F. The van der Waals surface area contributed by atoms with Crippen molar-refractivity contribution in [2.45, 2.75) is 13.1 Å². The van der Waals surface area contributed by atoms with E-state index in [9.17, 15) is 13.2 Å². The number of aromatic nitrogens is 2. The molecule has 0 spiro atoms. The maximum atomic E-state index is 12.7. The second kappa shape index (κ2) is 3.23. The zero-order chi connectivity index (χ0) is 11.2. The molecule has 0 radical (unpaired) electrons. The molecule has 0 aliphatic carbocycles. The van der Waals surface area contributed by atoms with Crippen LogP contribution < -0.4 is 0 Å². The van der Waals surface area contributed by atoms with Gasteiger partial charge in [0.1, 0.15) is 0 Å². The van der Waals surface area contributed by atoms with Crippen molar-refractivity contribution in [3.05, 3.63) is 27.9 Å². The highest BCUT2D eigenvalue weighted by Crippen LogP contribution is 2.40. The van der Waals surface area contributed by atoms with Crippen molar-refractivity contribution >= 4 is 26.8 Å². The van der Waals surface area contributed by atoms with Gasteiger partial charge < -0.3 is 0 Å². The van der Waals surface area contributed by atoms with Gasteiger partial charge in [-0.1, -0.05) is 0 Å². The predicted molar refractivity (Wildman–Crippen MR) is 53.5 cm³/mol. The Labute approximate surface area is 91.6 Å². The van der Waals surface area contributed by atoms with Crippen LogP contribution in [0.4, 0.5) is 13.2 Å². The number of fused-ring (bicyclic) bond motifs is 1. The highest BCUT2D eigenvalue weighted by atomic mass is 79.9. The second-order valence-electron chi connectivity index (χ2n) is 3.21. The molecule has 6 heteroatoms. The first-order valence-electron chi connectivity index (χ1n) is 4.10. The van der Waals surface area contributed by atoms with Crippen molar-refractivity contribution in [1.82, 2.24) is 10.2 Å². The van der Waals surface area contributed by atoms with Gasteiger partial charge >= 0.3 is 6.18 Å². The Morgan fingerprint density at radius 1 is 1.40 bits per heavy atom. The summed E-state index contributed by atoms with van der Waals surface area (Å²) >= 11 is 2.96. The molecule has 0 unspecified atom stereocenters. The fourth-order valence-corrected chi connectivity index (χ4v) is 2.39. The molecule has 0 bridgehead atoms. The van der Waals surface area contributed by atoms with Crippen LogP contribution in [-0.4, -0.2) is 10.2 Å². The van der Waals surface area contributed by atoms with Crippen LogP contribution in [0, 0.1) is 6.92 Å². The number of H-pyrrole nitrogens is 1. The summed E-state index contributed by atoms with van der Waals surface area (Å²) in [6.07, 6.45) is -2.87. The van der Waals surface area contributed by atoms with E-state index in [0.717, 1.165) is 0 Å². The molecule has 1 N–H and O–H groups in total. The third-order valence-corrected chi connectivity index (χ3v) is 2.95. The predicted octanol–water partition coefficient (Wildman–Crippen LogP) is 3.65. The summed E-state index contributed by atoms with van der Waals surface area (Å²) in [6.45, 7) is 1.43. The van der Waals surface area contributed by atoms with Gasteiger partial charge in [0.05, 0.1) is 21.7 Å². The maximum absolute atomic E-state index is 12.7. The molecule has 2 rings (SSSR count). The van der Waals surface area contributed by atoms with E-state index < -0.39 is 11.7 Å². The molecule has 0 saturated heterocycles. The summed E-state index contributed by atoms with van der Waals surface area (Å²) in [5.41, 5.74) is -0.101. The van der Waals surface area contributed by atoms with Crippen LogP contribution in [0.25, 0.3) is 10.9 Å². The first-order valence-corrected chi connectivity index (χ1v) is 4.90. The molecule has 0 fully saturated rings. The molecule has 0 aliphatic rings. The summed E-state index contributed by atoms with van der Waals surface area (Å²) < 4.78 is 38.1. The van der Waals surface area contributed by atoms with Gasteiger partial charge in [-0.2, -0.15) is 18.3 Å². The van der Waals surface area contributed by atoms with Gasteiger partial charge in [0.2, 0.25) is 0 Å². The molecule has 0 saturated carbocycles. The highest BCUT2D eigenvalue weighted by molar-refractivity contribution is 9.10. The first-order chi connectivity index (χ1) is 6.91. The van der Waals surface area contributed by atoms with E-state index in [-0.39, 0.29) is 10.0 Å². The third kappa shape index (κ3) is 1.62. The van der Waals surface area contributed by atoms with Crippen LogP contribution in [-0.2, 0) is 6.18 Å². The van der Waals surface area contributed by atoms with E-state index in [1.54, 1.807) is 0 Å². The minimum Gasteiger partial charge on any atom is -0.277 e. The van der Waals surface area contributed by atoms with Gasteiger partial charge in [-0.25, -0.2) is 0 Å². The molecule has 15 heavy (non-hydrogen) atoms. The summed E-state index contributed by atoms with van der Waals surface area (Å²) in [5.74, 6) is 0. The summed E-state index contributed by atoms with van der Waals surface area (Å²) in [4.78, 5) is 0. The lowest BCUT2D eigenvalue weighted by atomic mass is 10.1. The number of hydrogen-bond donors (Lipinski definition) is 1. The van der Waals surface area contributed by atoms with Crippen LogP contribution in [0.2, 0.25) is 0 Å². The van der Waals surface area contributed by atoms with Crippen molar-refractivity contribution in [1.29, 1.82) is 0 Å². The average molecular weight is 279 g/mol. The number of alkyl halides is 3. The minimum atomic E-state index is -4.36. The van der Waals surface area contributed by atoms with E-state index in [4.69, 9.17) is 0 Å². The smallest absolute Gasteiger partial charge is 0.277 e. The highest BCUT2D eigenvalue weighted by Gasteiger charge is 2.35. The minimum absolute atomic E-state index is 0.0162. The van der Waals surface area contributed by atoms with E-state index in [1.807, 2.05) is 0 Å². The zero-order valence-electron chi connectivity index (χ0n) is 7.61. The Bertz CT molecular complexity index is 516. The quantitative estimate of drug-likeness (QED) is 0.783. The number of benzene rings is 1. The molecule has 1 aromatic heterocycles. The van der Waals surface area contributed by atoms with E-state index in [1.165, 1.54) is 19.2 Å². The number of hydrogen-bond acceptors (Lipinski definition) is 1. The molecule has 2 nitrogen and oxygen atoms in total. The molecule has 2 aromatic rings. The van der Waals surface area contributed by atoms with Crippen LogP contribution in [0.5, 0.6) is 0 Å². The normalized spacial score (nSPS) is 12.3. The number of halogens is 4. The zero-order valence-corrected chi connectivity index (χ0v) is 9.20. The molecular weight excluding hydrogens is 273 g/mol. The van der Waals surface area contributed by atoms with Crippen LogP contribution in [0.3, 0.4) is 0 Å². The Morgan fingerprint density at radius 2 is 2.07 bits per heavy atom. The Hall–Kier alpha value is -1.04. The van der Waals surface area contributed by atoms with Gasteiger partial charge in [-0.05, 0) is 34.5 Å².